The SMILES string of the molecule is CCNC(=NCc1ccccc1OCCN(C)C)NCC(C)c1ccsc1.I. The van der Waals surface area contributed by atoms with Crippen LogP contribution >= 0.6 is 35.3 Å². The van der Waals surface area contributed by atoms with Crippen LogP contribution in [-0.2, 0) is 6.54 Å². The Balaban J connectivity index is 0.00000392. The standard InChI is InChI=1S/C21H32N4OS.HI/c1-5-22-21(23-14-17(2)19-10-13-27-16-19)24-15-18-8-6-7-9-20(18)26-12-11-25(3)4;/h6-10,13,16-17H,5,11-12,14-15H2,1-4H3,(H2,22,23,24);1H. The number of nitrogens with zero attached hydrogens (tertiary/aromatic N) is 2. The summed E-state index contributed by atoms with van der Waals surface area (Å²) in [7, 11) is 4.09. The monoisotopic (exact) mass is 516 g/mol. The van der Waals surface area contributed by atoms with Crippen molar-refractivity contribution < 1.29 is 4.74 Å². The van der Waals surface area contributed by atoms with E-state index in [4.69, 9.17) is 9.73 Å². The molecule has 1 unspecified atom stereocenters. The Morgan fingerprint density at radius 1 is 1.21 bits per heavy atom. The zero-order valence-corrected chi connectivity index (χ0v) is 20.4. The highest BCUT2D eigenvalue weighted by Gasteiger charge is 2.08. The third-order valence-electron chi connectivity index (χ3n) is 4.21. The minimum absolute atomic E-state index is 0. The highest BCUT2D eigenvalue weighted by Crippen LogP contribution is 2.19. The smallest absolute Gasteiger partial charge is 0.191 e. The summed E-state index contributed by atoms with van der Waals surface area (Å²) in [5, 5.41) is 11.1. The number of benzene rings is 1. The molecule has 0 radical (unpaired) electrons. The molecule has 0 spiro atoms. The van der Waals surface area contributed by atoms with Gasteiger partial charge < -0.3 is 20.3 Å². The Morgan fingerprint density at radius 3 is 2.68 bits per heavy atom. The van der Waals surface area contributed by atoms with Crippen molar-refractivity contribution in [2.24, 2.45) is 4.99 Å². The fourth-order valence-electron chi connectivity index (χ4n) is 2.54. The summed E-state index contributed by atoms with van der Waals surface area (Å²) in [6, 6.07) is 10.3. The van der Waals surface area contributed by atoms with Gasteiger partial charge in [0.2, 0.25) is 0 Å². The van der Waals surface area contributed by atoms with Crippen molar-refractivity contribution >= 4 is 41.3 Å². The summed E-state index contributed by atoms with van der Waals surface area (Å²) in [5.74, 6) is 2.19. The molecule has 5 nitrogen and oxygen atoms in total. The van der Waals surface area contributed by atoms with Gasteiger partial charge in [-0.15, -0.1) is 24.0 Å². The lowest BCUT2D eigenvalue weighted by Gasteiger charge is -2.16. The molecule has 1 aromatic heterocycles. The minimum Gasteiger partial charge on any atom is -0.492 e. The van der Waals surface area contributed by atoms with Crippen LogP contribution in [0.5, 0.6) is 5.75 Å². The molecule has 2 N–H and O–H groups in total. The number of hydrogen-bond acceptors (Lipinski definition) is 4. The minimum atomic E-state index is 0. The number of rotatable bonds is 10. The molecule has 0 aliphatic carbocycles. The van der Waals surface area contributed by atoms with Crippen molar-refractivity contribution in [2.75, 3.05) is 40.3 Å². The molecule has 0 fully saturated rings. The molecule has 0 amide bonds. The number of aliphatic imine (C=N–C) groups is 1. The van der Waals surface area contributed by atoms with E-state index in [0.717, 1.165) is 36.9 Å². The normalized spacial score (nSPS) is 12.4. The van der Waals surface area contributed by atoms with Gasteiger partial charge in [-0.05, 0) is 55.4 Å². The van der Waals surface area contributed by atoms with Gasteiger partial charge in [-0.2, -0.15) is 11.3 Å². The first-order chi connectivity index (χ1) is 13.1. The molecular formula is C21H33IN4OS. The second kappa shape index (κ2) is 13.8. The zero-order chi connectivity index (χ0) is 19.5. The molecule has 7 heteroatoms. The fourth-order valence-corrected chi connectivity index (χ4v) is 3.32. The van der Waals surface area contributed by atoms with Gasteiger partial charge in [0.15, 0.2) is 5.96 Å². The van der Waals surface area contributed by atoms with Crippen molar-refractivity contribution in [3.05, 3.63) is 52.2 Å². The summed E-state index contributed by atoms with van der Waals surface area (Å²) < 4.78 is 5.94. The third kappa shape index (κ3) is 8.79. The summed E-state index contributed by atoms with van der Waals surface area (Å²) >= 11 is 1.74. The Bertz CT molecular complexity index is 691. The Hall–Kier alpha value is -1.32. The van der Waals surface area contributed by atoms with E-state index in [0.29, 0.717) is 19.1 Å². The van der Waals surface area contributed by atoms with E-state index in [1.165, 1.54) is 5.56 Å². The number of thiophene rings is 1. The molecule has 2 aromatic rings. The van der Waals surface area contributed by atoms with Crippen molar-refractivity contribution in [2.45, 2.75) is 26.3 Å². The molecule has 0 saturated heterocycles. The van der Waals surface area contributed by atoms with Crippen LogP contribution in [0.2, 0.25) is 0 Å². The number of guanidine groups is 1. The highest BCUT2D eigenvalue weighted by molar-refractivity contribution is 14.0. The van der Waals surface area contributed by atoms with Crippen LogP contribution in [0, 0.1) is 0 Å². The average Bonchev–Trinajstić information content (AvgIpc) is 3.19. The quantitative estimate of drug-likeness (QED) is 0.283. The first-order valence-electron chi connectivity index (χ1n) is 9.49. The van der Waals surface area contributed by atoms with Crippen LogP contribution in [0.25, 0.3) is 0 Å². The fraction of sp³-hybridized carbons (Fsp3) is 0.476. The maximum Gasteiger partial charge on any atom is 0.191 e. The van der Waals surface area contributed by atoms with Gasteiger partial charge in [-0.3, -0.25) is 0 Å². The van der Waals surface area contributed by atoms with Crippen molar-refractivity contribution in [1.82, 2.24) is 15.5 Å². The van der Waals surface area contributed by atoms with Gasteiger partial charge in [-0.25, -0.2) is 4.99 Å². The highest BCUT2D eigenvalue weighted by atomic mass is 127. The second-order valence-corrected chi connectivity index (χ2v) is 7.57. The Labute approximate surface area is 190 Å². The predicted octanol–water partition coefficient (Wildman–Crippen LogP) is 4.17. The number of para-hydroxylation sites is 1. The maximum absolute atomic E-state index is 5.94. The number of halogens is 1. The number of likely N-dealkylation sites (N-methyl/N-ethyl adjacent to an activating group) is 1. The summed E-state index contributed by atoms with van der Waals surface area (Å²) in [6.45, 7) is 8.14. The number of nitrogens with one attached hydrogen (secondary N) is 2. The van der Waals surface area contributed by atoms with Crippen LogP contribution in [0.3, 0.4) is 0 Å². The molecule has 2 rings (SSSR count). The lowest BCUT2D eigenvalue weighted by atomic mass is 10.1. The van der Waals surface area contributed by atoms with Crippen LogP contribution < -0.4 is 15.4 Å². The molecule has 1 aromatic carbocycles. The lowest BCUT2D eigenvalue weighted by Crippen LogP contribution is -2.39. The van der Waals surface area contributed by atoms with E-state index in [2.05, 4.69) is 52.3 Å². The molecule has 156 valence electrons. The van der Waals surface area contributed by atoms with Gasteiger partial charge in [0.25, 0.3) is 0 Å². The predicted molar refractivity (Wildman–Crippen MR) is 131 cm³/mol. The average molecular weight is 516 g/mol. The van der Waals surface area contributed by atoms with E-state index < -0.39 is 0 Å². The number of hydrogen-bond donors (Lipinski definition) is 2. The van der Waals surface area contributed by atoms with Crippen LogP contribution in [-0.4, -0.2) is 51.2 Å². The molecule has 1 atom stereocenters. The van der Waals surface area contributed by atoms with Crippen molar-refractivity contribution in [3.63, 3.8) is 0 Å². The van der Waals surface area contributed by atoms with Gasteiger partial charge >= 0.3 is 0 Å². The molecule has 0 saturated carbocycles. The first-order valence-corrected chi connectivity index (χ1v) is 10.4. The van der Waals surface area contributed by atoms with E-state index in [1.54, 1.807) is 11.3 Å². The van der Waals surface area contributed by atoms with Gasteiger partial charge in [0.1, 0.15) is 12.4 Å². The maximum atomic E-state index is 5.94. The summed E-state index contributed by atoms with van der Waals surface area (Å²) in [6.07, 6.45) is 0. The van der Waals surface area contributed by atoms with E-state index in [1.807, 2.05) is 32.3 Å². The van der Waals surface area contributed by atoms with Gasteiger partial charge in [0, 0.05) is 25.2 Å². The second-order valence-electron chi connectivity index (χ2n) is 6.79. The molecule has 0 bridgehead atoms. The summed E-state index contributed by atoms with van der Waals surface area (Å²) in [4.78, 5) is 6.86. The Kier molecular flexibility index (Phi) is 12.2. The molecule has 1 heterocycles. The molecule has 0 aliphatic rings. The van der Waals surface area contributed by atoms with Crippen molar-refractivity contribution in [3.8, 4) is 5.75 Å². The summed E-state index contributed by atoms with van der Waals surface area (Å²) in [5.41, 5.74) is 2.46. The van der Waals surface area contributed by atoms with E-state index in [9.17, 15) is 0 Å². The van der Waals surface area contributed by atoms with Gasteiger partial charge in [-0.1, -0.05) is 25.1 Å². The largest absolute Gasteiger partial charge is 0.492 e. The number of ether oxygens (including phenoxy) is 1. The van der Waals surface area contributed by atoms with Crippen LogP contribution in [0.4, 0.5) is 0 Å². The molecular weight excluding hydrogens is 483 g/mol. The lowest BCUT2D eigenvalue weighted by molar-refractivity contribution is 0.259. The first kappa shape index (κ1) is 24.7. The van der Waals surface area contributed by atoms with Crippen LogP contribution in [0.15, 0.2) is 46.1 Å². The van der Waals surface area contributed by atoms with Crippen molar-refractivity contribution in [1.29, 1.82) is 0 Å². The van der Waals surface area contributed by atoms with Crippen LogP contribution in [0.1, 0.15) is 30.9 Å². The molecule has 0 aliphatic heterocycles. The van der Waals surface area contributed by atoms with E-state index in [-0.39, 0.29) is 24.0 Å². The zero-order valence-electron chi connectivity index (χ0n) is 17.3. The third-order valence-corrected chi connectivity index (χ3v) is 4.91. The topological polar surface area (TPSA) is 48.9 Å². The van der Waals surface area contributed by atoms with E-state index >= 15 is 0 Å². The van der Waals surface area contributed by atoms with Gasteiger partial charge in [0.05, 0.1) is 6.54 Å². The Morgan fingerprint density at radius 2 is 2.00 bits per heavy atom. The molecule has 28 heavy (non-hydrogen) atoms.